The molecule has 15 heteroatoms. The third-order valence-electron chi connectivity index (χ3n) is 3.59. The zero-order valence-electron chi connectivity index (χ0n) is 14.6. The smallest absolute Gasteiger partial charge is 0.416 e. The van der Waals surface area contributed by atoms with Crippen molar-refractivity contribution in [3.63, 3.8) is 0 Å². The summed E-state index contributed by atoms with van der Waals surface area (Å²) in [6, 6.07) is 2.49. The molecule has 0 amide bonds. The summed E-state index contributed by atoms with van der Waals surface area (Å²) in [6.07, 6.45) is -9.16. The van der Waals surface area contributed by atoms with Crippen LogP contribution in [0.2, 0.25) is 0 Å². The van der Waals surface area contributed by atoms with Gasteiger partial charge in [-0.3, -0.25) is 4.72 Å². The molecule has 2 aromatic carbocycles. The van der Waals surface area contributed by atoms with Crippen molar-refractivity contribution in [2.75, 3.05) is 4.72 Å². The number of aromatic nitrogens is 2. The van der Waals surface area contributed by atoms with Gasteiger partial charge in [-0.1, -0.05) is 0 Å². The van der Waals surface area contributed by atoms with Gasteiger partial charge in [0.25, 0.3) is 10.0 Å². The monoisotopic (exact) mass is 487 g/mol. The van der Waals surface area contributed by atoms with Gasteiger partial charge in [-0.15, -0.1) is 0 Å². The Morgan fingerprint density at radius 3 is 2.03 bits per heavy atom. The molecule has 1 N–H and O–H groups in total. The van der Waals surface area contributed by atoms with Crippen LogP contribution in [0.4, 0.5) is 35.9 Å². The van der Waals surface area contributed by atoms with Gasteiger partial charge in [-0.25, -0.2) is 17.8 Å². The van der Waals surface area contributed by atoms with Crippen LogP contribution in [0.5, 0.6) is 11.5 Å². The molecule has 0 aliphatic rings. The quantitative estimate of drug-likeness (QED) is 0.494. The van der Waals surface area contributed by atoms with Gasteiger partial charge in [0.05, 0.1) is 16.0 Å². The Morgan fingerprint density at radius 1 is 0.935 bits per heavy atom. The fourth-order valence-corrected chi connectivity index (χ4v) is 3.91. The lowest BCUT2D eigenvalue weighted by atomic mass is 10.1. The molecule has 0 fully saturated rings. The second-order valence-electron chi connectivity index (χ2n) is 5.79. The van der Waals surface area contributed by atoms with Crippen molar-refractivity contribution < 1.29 is 43.9 Å². The summed E-state index contributed by atoms with van der Waals surface area (Å²) < 4.78 is 127. The molecule has 0 radical (unpaired) electrons. The fraction of sp³-hybridized carbons (Fsp3) is 0.125. The summed E-state index contributed by atoms with van der Waals surface area (Å²) >= 11 is 0.707. The summed E-state index contributed by atoms with van der Waals surface area (Å²) in [6.45, 7) is 0. The molecule has 166 valence electrons. The number of anilines is 1. The van der Waals surface area contributed by atoms with Gasteiger partial charge in [-0.2, -0.15) is 30.7 Å². The molecule has 1 heterocycles. The Hall–Kier alpha value is -2.94. The molecule has 31 heavy (non-hydrogen) atoms. The SMILES string of the molecule is O=S(=O)(Nc1ncns1)c1ccc(Oc2cc(C(F)(F)F)cc(C(F)(F)F)c2)c(F)c1. The van der Waals surface area contributed by atoms with E-state index in [-0.39, 0.29) is 23.3 Å². The minimum Gasteiger partial charge on any atom is -0.454 e. The lowest BCUT2D eigenvalue weighted by Crippen LogP contribution is -2.13. The summed E-state index contributed by atoms with van der Waals surface area (Å²) in [5.41, 5.74) is -3.31. The largest absolute Gasteiger partial charge is 0.454 e. The predicted molar refractivity (Wildman–Crippen MR) is 93.6 cm³/mol. The van der Waals surface area contributed by atoms with Crippen molar-refractivity contribution in [3.05, 3.63) is 59.7 Å². The van der Waals surface area contributed by atoms with E-state index in [1.165, 1.54) is 0 Å². The molecule has 0 atom stereocenters. The molecule has 0 spiro atoms. The van der Waals surface area contributed by atoms with Crippen molar-refractivity contribution in [2.24, 2.45) is 0 Å². The van der Waals surface area contributed by atoms with E-state index < -0.39 is 55.7 Å². The van der Waals surface area contributed by atoms with E-state index in [9.17, 15) is 39.2 Å². The molecule has 6 nitrogen and oxygen atoms in total. The number of rotatable bonds is 5. The van der Waals surface area contributed by atoms with Crippen molar-refractivity contribution in [2.45, 2.75) is 17.2 Å². The molecule has 0 saturated carbocycles. The first-order chi connectivity index (χ1) is 14.3. The molecule has 0 saturated heterocycles. The zero-order chi connectivity index (χ0) is 23.0. The second-order valence-corrected chi connectivity index (χ2v) is 8.25. The summed E-state index contributed by atoms with van der Waals surface area (Å²) in [7, 11) is -4.28. The van der Waals surface area contributed by atoms with Gasteiger partial charge in [-0.05, 0) is 36.4 Å². The predicted octanol–water partition coefficient (Wildman–Crippen LogP) is 5.31. The Labute approximate surface area is 173 Å². The number of nitrogens with zero attached hydrogens (tertiary/aromatic N) is 2. The topological polar surface area (TPSA) is 81.2 Å². The molecule has 1 aromatic heterocycles. The Kier molecular flexibility index (Phi) is 5.84. The fourth-order valence-electron chi connectivity index (χ4n) is 2.24. The highest BCUT2D eigenvalue weighted by Crippen LogP contribution is 2.39. The minimum absolute atomic E-state index is 0.107. The van der Waals surface area contributed by atoms with Crippen LogP contribution in [0.15, 0.2) is 47.6 Å². The first-order valence-electron chi connectivity index (χ1n) is 7.82. The first kappa shape index (κ1) is 22.7. The maximum Gasteiger partial charge on any atom is 0.416 e. The zero-order valence-corrected chi connectivity index (χ0v) is 16.3. The molecule has 3 aromatic rings. The van der Waals surface area contributed by atoms with Gasteiger partial charge in [0.2, 0.25) is 5.13 Å². The standard InChI is InChI=1S/C16H8F7N3O3S2/c17-12-6-11(31(27,28)26-14-24-7-25-30-14)1-2-13(12)29-10-4-8(15(18,19)20)3-9(5-10)16(21,22)23/h1-7H,(H,24,25,26). The molecular formula is C16H8F7N3O3S2. The van der Waals surface area contributed by atoms with Crippen LogP contribution in [-0.2, 0) is 22.4 Å². The van der Waals surface area contributed by atoms with Crippen LogP contribution >= 0.6 is 11.5 Å². The Bertz CT molecular complexity index is 1160. The van der Waals surface area contributed by atoms with Gasteiger partial charge in [0.15, 0.2) is 11.6 Å². The van der Waals surface area contributed by atoms with Crippen LogP contribution in [-0.4, -0.2) is 17.8 Å². The highest BCUT2D eigenvalue weighted by atomic mass is 32.2. The van der Waals surface area contributed by atoms with Crippen LogP contribution in [0, 0.1) is 5.82 Å². The van der Waals surface area contributed by atoms with E-state index >= 15 is 0 Å². The normalized spacial score (nSPS) is 12.6. The molecule has 0 aliphatic carbocycles. The van der Waals surface area contributed by atoms with Gasteiger partial charge < -0.3 is 4.74 Å². The van der Waals surface area contributed by atoms with Crippen LogP contribution in [0.3, 0.4) is 0 Å². The van der Waals surface area contributed by atoms with E-state index in [2.05, 4.69) is 9.36 Å². The van der Waals surface area contributed by atoms with E-state index in [0.717, 1.165) is 18.5 Å². The second kappa shape index (κ2) is 7.96. The summed E-state index contributed by atoms with van der Waals surface area (Å²) in [4.78, 5) is 3.00. The van der Waals surface area contributed by atoms with Gasteiger partial charge in [0.1, 0.15) is 12.1 Å². The maximum atomic E-state index is 14.3. The van der Waals surface area contributed by atoms with E-state index in [0.29, 0.717) is 17.6 Å². The van der Waals surface area contributed by atoms with Crippen LogP contribution in [0.1, 0.15) is 11.1 Å². The number of alkyl halides is 6. The third kappa shape index (κ3) is 5.41. The number of benzene rings is 2. The number of halogens is 7. The number of sulfonamides is 1. The average Bonchev–Trinajstić information content (AvgIpc) is 3.14. The third-order valence-corrected chi connectivity index (χ3v) is 5.63. The highest BCUT2D eigenvalue weighted by Gasteiger charge is 2.37. The molecule has 0 unspecified atom stereocenters. The van der Waals surface area contributed by atoms with Crippen LogP contribution < -0.4 is 9.46 Å². The average molecular weight is 487 g/mol. The van der Waals surface area contributed by atoms with Crippen molar-refractivity contribution in [3.8, 4) is 11.5 Å². The maximum absolute atomic E-state index is 14.3. The number of nitrogens with one attached hydrogen (secondary N) is 1. The van der Waals surface area contributed by atoms with Crippen LogP contribution in [0.25, 0.3) is 0 Å². The van der Waals surface area contributed by atoms with E-state index in [1.54, 1.807) is 0 Å². The Morgan fingerprint density at radius 2 is 1.55 bits per heavy atom. The van der Waals surface area contributed by atoms with Gasteiger partial charge in [0, 0.05) is 11.5 Å². The number of hydrogen-bond donors (Lipinski definition) is 1. The number of hydrogen-bond acceptors (Lipinski definition) is 6. The first-order valence-corrected chi connectivity index (χ1v) is 10.1. The van der Waals surface area contributed by atoms with Crippen molar-refractivity contribution >= 4 is 26.7 Å². The molecule has 0 aliphatic heterocycles. The minimum atomic E-state index is -5.12. The summed E-state index contributed by atoms with van der Waals surface area (Å²) in [5, 5.41) is -0.107. The highest BCUT2D eigenvalue weighted by molar-refractivity contribution is 7.93. The molecule has 0 bridgehead atoms. The van der Waals surface area contributed by atoms with Crippen molar-refractivity contribution in [1.29, 1.82) is 0 Å². The molecular weight excluding hydrogens is 479 g/mol. The van der Waals surface area contributed by atoms with E-state index in [1.807, 2.05) is 4.72 Å². The molecule has 3 rings (SSSR count). The Balaban J connectivity index is 1.93. The van der Waals surface area contributed by atoms with E-state index in [4.69, 9.17) is 4.74 Å². The summed E-state index contributed by atoms with van der Waals surface area (Å²) in [5.74, 6) is -3.07. The van der Waals surface area contributed by atoms with Gasteiger partial charge >= 0.3 is 12.4 Å². The lowest BCUT2D eigenvalue weighted by molar-refractivity contribution is -0.143. The number of ether oxygens (including phenoxy) is 1. The lowest BCUT2D eigenvalue weighted by Gasteiger charge is -2.15. The van der Waals surface area contributed by atoms with Crippen molar-refractivity contribution in [1.82, 2.24) is 9.36 Å².